The summed E-state index contributed by atoms with van der Waals surface area (Å²) < 4.78 is 0. The molecule has 0 saturated carbocycles. The highest BCUT2D eigenvalue weighted by Gasteiger charge is 2.09. The summed E-state index contributed by atoms with van der Waals surface area (Å²) in [5, 5.41) is 2.71. The predicted octanol–water partition coefficient (Wildman–Crippen LogP) is 2.21. The summed E-state index contributed by atoms with van der Waals surface area (Å²) in [5.41, 5.74) is 6.04. The van der Waals surface area contributed by atoms with Gasteiger partial charge in [0.1, 0.15) is 0 Å². The average Bonchev–Trinajstić information content (AvgIpc) is 2.35. The second kappa shape index (κ2) is 7.76. The lowest BCUT2D eigenvalue weighted by atomic mass is 10.1. The molecular weight excluding hydrogens is 248 g/mol. The van der Waals surface area contributed by atoms with E-state index in [1.54, 1.807) is 24.3 Å². The maximum absolute atomic E-state index is 11.7. The van der Waals surface area contributed by atoms with Crippen LogP contribution in [0.5, 0.6) is 0 Å². The van der Waals surface area contributed by atoms with Crippen molar-refractivity contribution in [3.63, 3.8) is 0 Å². The van der Waals surface area contributed by atoms with Crippen molar-refractivity contribution in [2.45, 2.75) is 25.7 Å². The zero-order chi connectivity index (χ0) is 13.4. The molecule has 1 aromatic carbocycles. The van der Waals surface area contributed by atoms with E-state index in [4.69, 9.17) is 5.73 Å². The Labute approximate surface area is 112 Å². The molecule has 0 bridgehead atoms. The zero-order valence-electron chi connectivity index (χ0n) is 10.2. The molecule has 3 N–H and O–H groups in total. The second-order valence-corrected chi connectivity index (χ2v) is 4.44. The smallest absolute Gasteiger partial charge is 0.250 e. The van der Waals surface area contributed by atoms with E-state index in [9.17, 15) is 9.59 Å². The van der Waals surface area contributed by atoms with Crippen molar-refractivity contribution in [1.82, 2.24) is 0 Å². The molecule has 98 valence electrons. The summed E-state index contributed by atoms with van der Waals surface area (Å²) in [6, 6.07) is 6.73. The molecule has 0 radical (unpaired) electrons. The molecule has 0 atom stereocenters. The van der Waals surface area contributed by atoms with Crippen molar-refractivity contribution >= 4 is 30.1 Å². The minimum atomic E-state index is -0.541. The van der Waals surface area contributed by atoms with Crippen LogP contribution in [0.15, 0.2) is 24.3 Å². The van der Waals surface area contributed by atoms with E-state index in [1.165, 1.54) is 0 Å². The van der Waals surface area contributed by atoms with Gasteiger partial charge in [-0.3, -0.25) is 9.59 Å². The number of nitrogens with one attached hydrogen (secondary N) is 1. The molecule has 4 nitrogen and oxygen atoms in total. The number of benzene rings is 1. The summed E-state index contributed by atoms with van der Waals surface area (Å²) in [7, 11) is 0. The lowest BCUT2D eigenvalue weighted by molar-refractivity contribution is -0.116. The normalized spacial score (nSPS) is 10.1. The quantitative estimate of drug-likeness (QED) is 0.523. The number of carbonyl (C=O) groups excluding carboxylic acids is 2. The fourth-order valence-electron chi connectivity index (χ4n) is 1.59. The van der Waals surface area contributed by atoms with E-state index in [1.807, 2.05) is 0 Å². The van der Waals surface area contributed by atoms with Crippen LogP contribution in [0.4, 0.5) is 5.69 Å². The minimum Gasteiger partial charge on any atom is -0.366 e. The van der Waals surface area contributed by atoms with Crippen LogP contribution in [-0.2, 0) is 4.79 Å². The third-order valence-electron chi connectivity index (χ3n) is 2.53. The van der Waals surface area contributed by atoms with Gasteiger partial charge in [0.05, 0.1) is 11.3 Å². The first kappa shape index (κ1) is 14.6. The zero-order valence-corrected chi connectivity index (χ0v) is 11.1. The summed E-state index contributed by atoms with van der Waals surface area (Å²) in [6.45, 7) is 0. The lowest BCUT2D eigenvalue weighted by Crippen LogP contribution is -2.17. The summed E-state index contributed by atoms with van der Waals surface area (Å²) in [6.07, 6.45) is 3.26. The molecule has 0 aromatic heterocycles. The molecule has 1 aromatic rings. The third kappa shape index (κ3) is 4.79. The Balaban J connectivity index is 2.51. The number of anilines is 1. The van der Waals surface area contributed by atoms with E-state index in [0.29, 0.717) is 17.7 Å². The highest BCUT2D eigenvalue weighted by Crippen LogP contribution is 2.15. The van der Waals surface area contributed by atoms with E-state index >= 15 is 0 Å². The van der Waals surface area contributed by atoms with E-state index in [2.05, 4.69) is 17.9 Å². The van der Waals surface area contributed by atoms with Crippen LogP contribution in [-0.4, -0.2) is 17.6 Å². The van der Waals surface area contributed by atoms with Crippen LogP contribution in [0.25, 0.3) is 0 Å². The second-order valence-electron chi connectivity index (χ2n) is 3.99. The van der Waals surface area contributed by atoms with Gasteiger partial charge in [-0.05, 0) is 30.7 Å². The molecule has 18 heavy (non-hydrogen) atoms. The number of hydrogen-bond donors (Lipinski definition) is 3. The molecule has 0 unspecified atom stereocenters. The number of unbranched alkanes of at least 4 members (excludes halogenated alkanes) is 2. The highest BCUT2D eigenvalue weighted by atomic mass is 32.1. The number of hydrogen-bond acceptors (Lipinski definition) is 3. The maximum atomic E-state index is 11.7. The van der Waals surface area contributed by atoms with E-state index < -0.39 is 5.91 Å². The van der Waals surface area contributed by atoms with Crippen molar-refractivity contribution in [1.29, 1.82) is 0 Å². The Kier molecular flexibility index (Phi) is 6.28. The third-order valence-corrected chi connectivity index (χ3v) is 2.84. The summed E-state index contributed by atoms with van der Waals surface area (Å²) in [4.78, 5) is 22.8. The number of nitrogens with two attached hydrogens (primary N) is 1. The highest BCUT2D eigenvalue weighted by molar-refractivity contribution is 7.80. The van der Waals surface area contributed by atoms with Crippen LogP contribution in [0.2, 0.25) is 0 Å². The first-order valence-corrected chi connectivity index (χ1v) is 6.58. The summed E-state index contributed by atoms with van der Waals surface area (Å²) in [5.74, 6) is 0.204. The molecule has 0 spiro atoms. The topological polar surface area (TPSA) is 72.2 Å². The predicted molar refractivity (Wildman–Crippen MR) is 75.9 cm³/mol. The van der Waals surface area contributed by atoms with Crippen molar-refractivity contribution in [2.24, 2.45) is 5.73 Å². The van der Waals surface area contributed by atoms with Gasteiger partial charge in [0.2, 0.25) is 5.91 Å². The van der Waals surface area contributed by atoms with Crippen molar-refractivity contribution in [3.05, 3.63) is 29.8 Å². The Hall–Kier alpha value is -1.49. The van der Waals surface area contributed by atoms with Crippen LogP contribution >= 0.6 is 12.6 Å². The number of carbonyl (C=O) groups is 2. The van der Waals surface area contributed by atoms with Gasteiger partial charge in [-0.1, -0.05) is 18.6 Å². The van der Waals surface area contributed by atoms with Gasteiger partial charge in [-0.15, -0.1) is 0 Å². The van der Waals surface area contributed by atoms with Crippen molar-refractivity contribution < 1.29 is 9.59 Å². The standard InChI is InChI=1S/C13H18N2O2S/c14-13(17)10-6-3-4-7-11(10)15-12(16)8-2-1-5-9-18/h3-4,6-7,18H,1-2,5,8-9H2,(H2,14,17)(H,15,16). The fourth-order valence-corrected chi connectivity index (χ4v) is 1.82. The Morgan fingerprint density at radius 3 is 2.56 bits per heavy atom. The molecular formula is C13H18N2O2S. The molecule has 2 amide bonds. The molecule has 0 heterocycles. The van der Waals surface area contributed by atoms with Gasteiger partial charge < -0.3 is 11.1 Å². The molecule has 0 aliphatic carbocycles. The van der Waals surface area contributed by atoms with Crippen LogP contribution in [0.1, 0.15) is 36.0 Å². The SMILES string of the molecule is NC(=O)c1ccccc1NC(=O)CCCCCS. The van der Waals surface area contributed by atoms with E-state index in [0.717, 1.165) is 25.0 Å². The van der Waals surface area contributed by atoms with Crippen molar-refractivity contribution in [3.8, 4) is 0 Å². The molecule has 0 saturated heterocycles. The molecule has 0 aliphatic rings. The monoisotopic (exact) mass is 266 g/mol. The number of thiol groups is 1. The minimum absolute atomic E-state index is 0.0946. The van der Waals surface area contributed by atoms with Gasteiger partial charge in [-0.2, -0.15) is 12.6 Å². The average molecular weight is 266 g/mol. The van der Waals surface area contributed by atoms with Gasteiger partial charge in [0.15, 0.2) is 0 Å². The van der Waals surface area contributed by atoms with Crippen LogP contribution < -0.4 is 11.1 Å². The molecule has 0 aliphatic heterocycles. The van der Waals surface area contributed by atoms with Gasteiger partial charge in [-0.25, -0.2) is 0 Å². The first-order valence-electron chi connectivity index (χ1n) is 5.94. The van der Waals surface area contributed by atoms with Gasteiger partial charge in [0, 0.05) is 6.42 Å². The first-order chi connectivity index (χ1) is 8.65. The lowest BCUT2D eigenvalue weighted by Gasteiger charge is -2.08. The number of primary amides is 1. The number of rotatable bonds is 7. The molecule has 5 heteroatoms. The molecule has 1 rings (SSSR count). The van der Waals surface area contributed by atoms with Crippen LogP contribution in [0, 0.1) is 0 Å². The Bertz CT molecular complexity index is 421. The Morgan fingerprint density at radius 2 is 1.89 bits per heavy atom. The van der Waals surface area contributed by atoms with Gasteiger partial charge >= 0.3 is 0 Å². The van der Waals surface area contributed by atoms with E-state index in [-0.39, 0.29) is 5.91 Å². The number of para-hydroxylation sites is 1. The van der Waals surface area contributed by atoms with Crippen LogP contribution in [0.3, 0.4) is 0 Å². The van der Waals surface area contributed by atoms with Gasteiger partial charge in [0.25, 0.3) is 5.91 Å². The molecule has 0 fully saturated rings. The number of amides is 2. The maximum Gasteiger partial charge on any atom is 0.250 e. The fraction of sp³-hybridized carbons (Fsp3) is 0.385. The largest absolute Gasteiger partial charge is 0.366 e. The Morgan fingerprint density at radius 1 is 1.17 bits per heavy atom. The van der Waals surface area contributed by atoms with Crippen molar-refractivity contribution in [2.75, 3.05) is 11.1 Å². The summed E-state index contributed by atoms with van der Waals surface area (Å²) >= 11 is 4.11.